The lowest BCUT2D eigenvalue weighted by Gasteiger charge is -2.33. The van der Waals surface area contributed by atoms with E-state index in [9.17, 15) is 4.79 Å². The molecule has 0 spiro atoms. The van der Waals surface area contributed by atoms with Gasteiger partial charge in [0, 0.05) is 32.3 Å². The molecule has 0 atom stereocenters. The van der Waals surface area contributed by atoms with Gasteiger partial charge in [0.15, 0.2) is 17.3 Å². The molecule has 1 aliphatic rings. The number of carbonyl (C=O) groups is 1. The van der Waals surface area contributed by atoms with E-state index >= 15 is 0 Å². The Bertz CT molecular complexity index is 875. The summed E-state index contributed by atoms with van der Waals surface area (Å²) < 4.78 is 10.9. The number of amides is 1. The fraction of sp³-hybridized carbons (Fsp3) is 0.450. The molecule has 156 valence electrons. The summed E-state index contributed by atoms with van der Waals surface area (Å²) in [4.78, 5) is 21.0. The van der Waals surface area contributed by atoms with Gasteiger partial charge in [0.05, 0.1) is 25.3 Å². The number of methoxy groups -OCH3 is 1. The van der Waals surface area contributed by atoms with Gasteiger partial charge in [-0.3, -0.25) is 14.8 Å². The third kappa shape index (κ3) is 5.48. The molecular formula is C20H26ClN5O3. The van der Waals surface area contributed by atoms with Crippen molar-refractivity contribution in [2.75, 3.05) is 39.9 Å². The maximum absolute atomic E-state index is 12.6. The Morgan fingerprint density at radius 3 is 2.69 bits per heavy atom. The molecule has 0 saturated carbocycles. The molecule has 2 aromatic rings. The number of aromatic amines is 1. The third-order valence-electron chi connectivity index (χ3n) is 4.65. The van der Waals surface area contributed by atoms with Gasteiger partial charge in [0.2, 0.25) is 5.91 Å². The fourth-order valence-corrected chi connectivity index (χ4v) is 3.45. The van der Waals surface area contributed by atoms with Crippen LogP contribution in [0.4, 0.5) is 0 Å². The van der Waals surface area contributed by atoms with Crippen molar-refractivity contribution in [3.63, 3.8) is 0 Å². The summed E-state index contributed by atoms with van der Waals surface area (Å²) in [5.41, 5.74) is 0.780. The molecule has 1 aromatic carbocycles. The fourth-order valence-electron chi connectivity index (χ4n) is 3.18. The molecule has 8 nitrogen and oxygen atoms in total. The van der Waals surface area contributed by atoms with Gasteiger partial charge >= 0.3 is 0 Å². The van der Waals surface area contributed by atoms with Crippen molar-refractivity contribution in [3.05, 3.63) is 40.4 Å². The average Bonchev–Trinajstić information content (AvgIpc) is 3.13. The Kier molecular flexibility index (Phi) is 7.11. The van der Waals surface area contributed by atoms with Crippen LogP contribution in [-0.4, -0.2) is 70.8 Å². The van der Waals surface area contributed by atoms with E-state index in [2.05, 4.69) is 20.1 Å². The summed E-state index contributed by atoms with van der Waals surface area (Å²) in [6, 6.07) is 3.56. The monoisotopic (exact) mass is 419 g/mol. The van der Waals surface area contributed by atoms with Crippen LogP contribution in [0.5, 0.6) is 11.5 Å². The zero-order chi connectivity index (χ0) is 20.8. The molecule has 3 rings (SSSR count). The Morgan fingerprint density at radius 1 is 1.31 bits per heavy atom. The van der Waals surface area contributed by atoms with E-state index in [1.165, 1.54) is 0 Å². The van der Waals surface area contributed by atoms with Crippen molar-refractivity contribution >= 4 is 23.6 Å². The van der Waals surface area contributed by atoms with Crippen molar-refractivity contribution in [1.29, 1.82) is 0 Å². The number of nitrogens with one attached hydrogen (secondary N) is 1. The number of ether oxygens (including phenoxy) is 2. The Hall–Kier alpha value is -2.58. The van der Waals surface area contributed by atoms with Crippen LogP contribution in [0.15, 0.2) is 18.2 Å². The zero-order valence-electron chi connectivity index (χ0n) is 16.9. The predicted molar refractivity (Wildman–Crippen MR) is 111 cm³/mol. The standard InChI is InChI=1S/C20H26ClN5O3/c1-4-29-20-16(21)11-15(12-17(20)28-3)5-6-19(27)26-9-7-25(8-10-26)13-18-22-14(2)23-24-18/h5-6,11-12H,4,7-10,13H2,1-3H3,(H,22,23,24)/b6-5+. The Morgan fingerprint density at radius 2 is 2.07 bits per heavy atom. The van der Waals surface area contributed by atoms with Crippen LogP contribution in [0, 0.1) is 6.92 Å². The molecule has 1 N–H and O–H groups in total. The van der Waals surface area contributed by atoms with Crippen molar-refractivity contribution in [2.24, 2.45) is 0 Å². The summed E-state index contributed by atoms with van der Waals surface area (Å²) in [5.74, 6) is 2.62. The summed E-state index contributed by atoms with van der Waals surface area (Å²) in [6.07, 6.45) is 3.31. The Labute approximate surface area is 175 Å². The zero-order valence-corrected chi connectivity index (χ0v) is 17.7. The summed E-state index contributed by atoms with van der Waals surface area (Å²) in [7, 11) is 1.56. The van der Waals surface area contributed by atoms with Gasteiger partial charge < -0.3 is 14.4 Å². The molecule has 0 bridgehead atoms. The third-order valence-corrected chi connectivity index (χ3v) is 4.93. The van der Waals surface area contributed by atoms with Gasteiger partial charge in [-0.05, 0) is 37.6 Å². The van der Waals surface area contributed by atoms with Crippen LogP contribution >= 0.6 is 11.6 Å². The predicted octanol–water partition coefficient (Wildman–Crippen LogP) is 2.53. The highest BCUT2D eigenvalue weighted by Gasteiger charge is 2.20. The molecule has 29 heavy (non-hydrogen) atoms. The number of carbonyl (C=O) groups excluding carboxylic acids is 1. The van der Waals surface area contributed by atoms with Crippen LogP contribution in [0.25, 0.3) is 6.08 Å². The molecule has 0 unspecified atom stereocenters. The normalized spacial score (nSPS) is 15.1. The number of aromatic nitrogens is 3. The highest BCUT2D eigenvalue weighted by Crippen LogP contribution is 2.36. The smallest absolute Gasteiger partial charge is 0.246 e. The van der Waals surface area contributed by atoms with Gasteiger partial charge in [-0.1, -0.05) is 11.6 Å². The minimum absolute atomic E-state index is 0.0256. The quantitative estimate of drug-likeness (QED) is 0.694. The molecule has 0 radical (unpaired) electrons. The van der Waals surface area contributed by atoms with Gasteiger partial charge in [0.25, 0.3) is 0 Å². The van der Waals surface area contributed by atoms with Crippen molar-refractivity contribution in [1.82, 2.24) is 25.0 Å². The second-order valence-corrected chi connectivity index (χ2v) is 7.15. The van der Waals surface area contributed by atoms with Crippen molar-refractivity contribution < 1.29 is 14.3 Å². The number of hydrogen-bond acceptors (Lipinski definition) is 6. The van der Waals surface area contributed by atoms with Crippen LogP contribution in [0.1, 0.15) is 24.1 Å². The van der Waals surface area contributed by atoms with E-state index in [0.717, 1.165) is 30.3 Å². The van der Waals surface area contributed by atoms with E-state index in [1.54, 1.807) is 31.4 Å². The summed E-state index contributed by atoms with van der Waals surface area (Å²) >= 11 is 6.29. The molecule has 2 heterocycles. The number of hydrogen-bond donors (Lipinski definition) is 1. The van der Waals surface area contributed by atoms with Crippen LogP contribution in [0.3, 0.4) is 0 Å². The first-order valence-electron chi connectivity index (χ1n) is 9.57. The van der Waals surface area contributed by atoms with E-state index in [4.69, 9.17) is 21.1 Å². The topological polar surface area (TPSA) is 83.6 Å². The number of aryl methyl sites for hydroxylation is 1. The second-order valence-electron chi connectivity index (χ2n) is 6.74. The molecule has 9 heteroatoms. The minimum atomic E-state index is -0.0256. The van der Waals surface area contributed by atoms with Crippen LogP contribution < -0.4 is 9.47 Å². The summed E-state index contributed by atoms with van der Waals surface area (Å²) in [5, 5.41) is 7.47. The number of nitrogens with zero attached hydrogens (tertiary/aromatic N) is 4. The molecule has 0 aliphatic carbocycles. The van der Waals surface area contributed by atoms with E-state index in [0.29, 0.717) is 42.8 Å². The van der Waals surface area contributed by atoms with E-state index < -0.39 is 0 Å². The van der Waals surface area contributed by atoms with Crippen LogP contribution in [-0.2, 0) is 11.3 Å². The molecule has 1 amide bonds. The maximum Gasteiger partial charge on any atom is 0.246 e. The lowest BCUT2D eigenvalue weighted by Crippen LogP contribution is -2.47. The first-order chi connectivity index (χ1) is 14.0. The summed E-state index contributed by atoms with van der Waals surface area (Å²) in [6.45, 7) is 7.85. The van der Waals surface area contributed by atoms with Crippen molar-refractivity contribution in [2.45, 2.75) is 20.4 Å². The molecule has 1 saturated heterocycles. The molecule has 1 aliphatic heterocycles. The lowest BCUT2D eigenvalue weighted by molar-refractivity contribution is -0.127. The van der Waals surface area contributed by atoms with Gasteiger partial charge in [-0.2, -0.15) is 5.10 Å². The van der Waals surface area contributed by atoms with Gasteiger partial charge in [0.1, 0.15) is 5.82 Å². The number of benzene rings is 1. The van der Waals surface area contributed by atoms with Crippen molar-refractivity contribution in [3.8, 4) is 11.5 Å². The first-order valence-corrected chi connectivity index (χ1v) is 9.95. The highest BCUT2D eigenvalue weighted by atomic mass is 35.5. The average molecular weight is 420 g/mol. The first kappa shape index (κ1) is 21.1. The lowest BCUT2D eigenvalue weighted by atomic mass is 10.1. The SMILES string of the molecule is CCOc1c(Cl)cc(/C=C/C(=O)N2CCN(Cc3n[nH]c(C)n3)CC2)cc1OC. The van der Waals surface area contributed by atoms with E-state index in [-0.39, 0.29) is 5.91 Å². The maximum atomic E-state index is 12.6. The molecule has 1 aromatic heterocycles. The van der Waals surface area contributed by atoms with E-state index in [1.807, 2.05) is 18.7 Å². The minimum Gasteiger partial charge on any atom is -0.493 e. The van der Waals surface area contributed by atoms with Gasteiger partial charge in [-0.25, -0.2) is 4.98 Å². The number of rotatable bonds is 7. The number of halogens is 1. The highest BCUT2D eigenvalue weighted by molar-refractivity contribution is 6.32. The molecular weight excluding hydrogens is 394 g/mol. The second kappa shape index (κ2) is 9.76. The number of H-pyrrole nitrogens is 1. The van der Waals surface area contributed by atoms with Crippen LogP contribution in [0.2, 0.25) is 5.02 Å². The van der Waals surface area contributed by atoms with Gasteiger partial charge in [-0.15, -0.1) is 0 Å². The largest absolute Gasteiger partial charge is 0.493 e. The molecule has 1 fully saturated rings. The Balaban J connectivity index is 1.56. The number of piperazine rings is 1.